The highest BCUT2D eigenvalue weighted by molar-refractivity contribution is 6.20. The molecule has 2 saturated heterocycles. The Hall–Kier alpha value is -4.19. The summed E-state index contributed by atoms with van der Waals surface area (Å²) in [6, 6.07) is 8.97. The number of nitrogens with zero attached hydrogens (tertiary/aromatic N) is 4. The van der Waals surface area contributed by atoms with Crippen molar-refractivity contribution in [2.75, 3.05) is 31.3 Å². The molecule has 204 valence electrons. The Morgan fingerprint density at radius 2 is 1.85 bits per heavy atom. The van der Waals surface area contributed by atoms with Gasteiger partial charge in [-0.05, 0) is 50.1 Å². The van der Waals surface area contributed by atoms with Gasteiger partial charge >= 0.3 is 6.03 Å². The molecular formula is C27H29N5O7. The quantitative estimate of drug-likeness (QED) is 0.357. The molecule has 2 aromatic carbocycles. The van der Waals surface area contributed by atoms with E-state index in [0.29, 0.717) is 43.2 Å². The Morgan fingerprint density at radius 1 is 1.08 bits per heavy atom. The van der Waals surface area contributed by atoms with Gasteiger partial charge in [0.25, 0.3) is 5.69 Å². The fraction of sp³-hybridized carbons (Fsp3) is 0.444. The lowest BCUT2D eigenvalue weighted by molar-refractivity contribution is -0.384. The van der Waals surface area contributed by atoms with Crippen molar-refractivity contribution < 1.29 is 28.8 Å². The van der Waals surface area contributed by atoms with Crippen LogP contribution in [-0.2, 0) is 22.6 Å². The van der Waals surface area contributed by atoms with Crippen LogP contribution in [0.2, 0.25) is 0 Å². The number of urea groups is 1. The van der Waals surface area contributed by atoms with Crippen LogP contribution in [0.15, 0.2) is 36.4 Å². The summed E-state index contributed by atoms with van der Waals surface area (Å²) in [4.78, 5) is 57.3. The minimum absolute atomic E-state index is 0.0480. The molecule has 4 amide bonds. The average Bonchev–Trinajstić information content (AvgIpc) is 3.34. The van der Waals surface area contributed by atoms with E-state index in [-0.39, 0.29) is 18.9 Å². The monoisotopic (exact) mass is 535 g/mol. The Labute approximate surface area is 224 Å². The summed E-state index contributed by atoms with van der Waals surface area (Å²) < 4.78 is 10.9. The second-order valence-corrected chi connectivity index (χ2v) is 11.4. The Bertz CT molecular complexity index is 1420. The third kappa shape index (κ3) is 3.89. The minimum atomic E-state index is -1.64. The molecular weight excluding hydrogens is 506 g/mol. The maximum absolute atomic E-state index is 14.3. The summed E-state index contributed by atoms with van der Waals surface area (Å²) in [5, 5.41) is 14.0. The summed E-state index contributed by atoms with van der Waals surface area (Å²) in [6.45, 7) is 7.44. The number of ether oxygens (including phenoxy) is 2. The van der Waals surface area contributed by atoms with Gasteiger partial charge in [-0.25, -0.2) is 4.79 Å². The number of carbonyl (C=O) groups is 3. The van der Waals surface area contributed by atoms with Crippen molar-refractivity contribution in [3.8, 4) is 11.5 Å². The van der Waals surface area contributed by atoms with E-state index in [2.05, 4.69) is 10.2 Å². The van der Waals surface area contributed by atoms with Crippen LogP contribution in [0, 0.1) is 15.5 Å². The van der Waals surface area contributed by atoms with Gasteiger partial charge in [-0.3, -0.25) is 34.8 Å². The van der Waals surface area contributed by atoms with Crippen molar-refractivity contribution in [3.63, 3.8) is 0 Å². The number of imide groups is 2. The van der Waals surface area contributed by atoms with Crippen LogP contribution in [0.25, 0.3) is 0 Å². The van der Waals surface area contributed by atoms with E-state index in [1.165, 1.54) is 12.1 Å². The number of hydrogen-bond acceptors (Lipinski definition) is 9. The van der Waals surface area contributed by atoms with Crippen molar-refractivity contribution in [3.05, 3.63) is 57.6 Å². The highest BCUT2D eigenvalue weighted by Crippen LogP contribution is 2.47. The second kappa shape index (κ2) is 8.67. The van der Waals surface area contributed by atoms with E-state index < -0.39 is 39.8 Å². The van der Waals surface area contributed by atoms with Crippen LogP contribution < -0.4 is 19.7 Å². The summed E-state index contributed by atoms with van der Waals surface area (Å²) in [5.74, 6) is 0.116. The maximum Gasteiger partial charge on any atom is 0.331 e. The van der Waals surface area contributed by atoms with E-state index in [0.717, 1.165) is 16.2 Å². The maximum atomic E-state index is 14.3. The fourth-order valence-corrected chi connectivity index (χ4v) is 6.23. The highest BCUT2D eigenvalue weighted by atomic mass is 16.7. The number of carbonyl (C=O) groups excluding carboxylic acids is 3. The molecule has 0 aliphatic carbocycles. The van der Waals surface area contributed by atoms with Gasteiger partial charge in [0.1, 0.15) is 0 Å². The molecule has 39 heavy (non-hydrogen) atoms. The molecule has 4 aliphatic heterocycles. The molecule has 0 radical (unpaired) electrons. The predicted molar refractivity (Wildman–Crippen MR) is 138 cm³/mol. The average molecular weight is 536 g/mol. The number of amides is 4. The van der Waals surface area contributed by atoms with Gasteiger partial charge in [-0.1, -0.05) is 6.07 Å². The summed E-state index contributed by atoms with van der Waals surface area (Å²) in [6.07, 6.45) is -0.0480. The third-order valence-electron chi connectivity index (χ3n) is 8.01. The Balaban J connectivity index is 1.41. The summed E-state index contributed by atoms with van der Waals surface area (Å²) in [5.41, 5.74) is -0.341. The number of fused-ring (bicyclic) bond motifs is 5. The predicted octanol–water partition coefficient (Wildman–Crippen LogP) is 2.43. The molecule has 2 fully saturated rings. The van der Waals surface area contributed by atoms with E-state index in [4.69, 9.17) is 9.47 Å². The van der Waals surface area contributed by atoms with Gasteiger partial charge < -0.3 is 14.4 Å². The first kappa shape index (κ1) is 25.1. The molecule has 1 spiro atoms. The molecule has 2 aromatic rings. The number of piperazine rings is 1. The molecule has 12 heteroatoms. The minimum Gasteiger partial charge on any atom is -0.454 e. The number of hydrogen-bond donors (Lipinski definition) is 1. The number of nitrogens with one attached hydrogen (secondary N) is 1. The van der Waals surface area contributed by atoms with Gasteiger partial charge in [0.2, 0.25) is 18.6 Å². The number of anilines is 1. The molecule has 1 N–H and O–H groups in total. The van der Waals surface area contributed by atoms with Crippen LogP contribution in [0.1, 0.15) is 31.9 Å². The van der Waals surface area contributed by atoms with Crippen molar-refractivity contribution in [2.24, 2.45) is 5.41 Å². The fourth-order valence-electron chi connectivity index (χ4n) is 6.23. The van der Waals surface area contributed by atoms with Gasteiger partial charge in [0, 0.05) is 56.0 Å². The molecule has 0 aromatic heterocycles. The van der Waals surface area contributed by atoms with Crippen LogP contribution in [-0.4, -0.2) is 70.6 Å². The van der Waals surface area contributed by atoms with Gasteiger partial charge in [-0.2, -0.15) is 0 Å². The number of non-ortho nitro benzene ring substituents is 1. The van der Waals surface area contributed by atoms with Crippen LogP contribution >= 0.6 is 0 Å². The molecule has 4 aliphatic rings. The first-order valence-corrected chi connectivity index (χ1v) is 12.8. The lowest BCUT2D eigenvalue weighted by atomic mass is 9.67. The lowest BCUT2D eigenvalue weighted by Crippen LogP contribution is -2.76. The van der Waals surface area contributed by atoms with Crippen LogP contribution in [0.5, 0.6) is 11.5 Å². The Morgan fingerprint density at radius 3 is 2.59 bits per heavy atom. The number of nitro benzene ring substituents is 1. The molecule has 0 bridgehead atoms. The molecule has 0 unspecified atom stereocenters. The Kier molecular flexibility index (Phi) is 5.58. The second-order valence-electron chi connectivity index (χ2n) is 11.4. The van der Waals surface area contributed by atoms with Crippen molar-refractivity contribution in [2.45, 2.75) is 45.3 Å². The van der Waals surface area contributed by atoms with Crippen molar-refractivity contribution in [1.29, 1.82) is 0 Å². The van der Waals surface area contributed by atoms with E-state index in [1.807, 2.05) is 23.1 Å². The standard InChI is InChI=1S/C27H29N5O7/c1-26(2,3)31-24(34)27(23(33)28-25(31)35)12-17-11-18(32(36)37)5-6-19(17)30-9-8-29(14-22(27)30)13-16-4-7-20-21(10-16)39-15-38-20/h4-7,10-11,22H,8-9,12-15H2,1-3H3,(H,28,33,35)/t22-,27+/m1/s1. The molecule has 4 heterocycles. The van der Waals surface area contributed by atoms with E-state index in [9.17, 15) is 24.5 Å². The normalized spacial score (nSPS) is 24.5. The largest absolute Gasteiger partial charge is 0.454 e. The van der Waals surface area contributed by atoms with Gasteiger partial charge in [0.05, 0.1) is 11.0 Å². The number of benzene rings is 2. The number of rotatable bonds is 3. The van der Waals surface area contributed by atoms with Gasteiger partial charge in [-0.15, -0.1) is 0 Å². The zero-order valence-corrected chi connectivity index (χ0v) is 21.9. The van der Waals surface area contributed by atoms with Crippen molar-refractivity contribution >= 4 is 29.2 Å². The molecule has 12 nitrogen and oxygen atoms in total. The molecule has 6 rings (SSSR count). The van der Waals surface area contributed by atoms with E-state index in [1.54, 1.807) is 26.8 Å². The molecule has 0 saturated carbocycles. The highest BCUT2D eigenvalue weighted by Gasteiger charge is 2.64. The first-order valence-electron chi connectivity index (χ1n) is 12.8. The topological polar surface area (TPSA) is 135 Å². The third-order valence-corrected chi connectivity index (χ3v) is 8.01. The zero-order valence-electron chi connectivity index (χ0n) is 21.9. The number of nitro groups is 1. The SMILES string of the molecule is CC(C)(C)N1C(=O)NC(=O)[C@@]2(Cc3cc([N+](=O)[O-])ccc3N3CCN(Cc4ccc5c(c4)OCO5)C[C@@H]32)C1=O. The van der Waals surface area contributed by atoms with Crippen LogP contribution in [0.4, 0.5) is 16.2 Å². The van der Waals surface area contributed by atoms with E-state index >= 15 is 0 Å². The van der Waals surface area contributed by atoms with Crippen LogP contribution in [0.3, 0.4) is 0 Å². The first-order chi connectivity index (χ1) is 18.5. The van der Waals surface area contributed by atoms with Crippen molar-refractivity contribution in [1.82, 2.24) is 15.1 Å². The summed E-state index contributed by atoms with van der Waals surface area (Å²) >= 11 is 0. The zero-order chi connectivity index (χ0) is 27.7. The smallest absolute Gasteiger partial charge is 0.331 e. The number of barbiturate groups is 1. The molecule has 2 atom stereocenters. The van der Waals surface area contributed by atoms with Gasteiger partial charge in [0.15, 0.2) is 16.9 Å². The summed E-state index contributed by atoms with van der Waals surface area (Å²) in [7, 11) is 0. The lowest BCUT2D eigenvalue weighted by Gasteiger charge is -2.56.